The zero-order chi connectivity index (χ0) is 17.8. The van der Waals surface area contributed by atoms with E-state index in [1.807, 2.05) is 6.07 Å². The zero-order valence-electron chi connectivity index (χ0n) is 12.8. The Bertz CT molecular complexity index is 934. The van der Waals surface area contributed by atoms with Crippen LogP contribution in [-0.2, 0) is 0 Å². The highest BCUT2D eigenvalue weighted by Gasteiger charge is 2.10. The quantitative estimate of drug-likeness (QED) is 0.688. The molecule has 0 aliphatic carbocycles. The minimum absolute atomic E-state index is 0.154. The van der Waals surface area contributed by atoms with E-state index in [0.29, 0.717) is 22.1 Å². The Morgan fingerprint density at radius 3 is 2.56 bits per heavy atom. The van der Waals surface area contributed by atoms with Gasteiger partial charge >= 0.3 is 0 Å². The molecule has 3 rings (SSSR count). The summed E-state index contributed by atoms with van der Waals surface area (Å²) in [6, 6.07) is 13.3. The van der Waals surface area contributed by atoms with E-state index in [4.69, 9.17) is 11.6 Å². The molecule has 3 aromatic rings. The third-order valence-electron chi connectivity index (χ3n) is 3.34. The summed E-state index contributed by atoms with van der Waals surface area (Å²) in [6.07, 6.45) is 1.46. The molecule has 4 nitrogen and oxygen atoms in total. The monoisotopic (exact) mass is 359 g/mol. The van der Waals surface area contributed by atoms with Gasteiger partial charge in [-0.1, -0.05) is 23.7 Å². The summed E-state index contributed by atoms with van der Waals surface area (Å²) in [5, 5.41) is 6.03. The molecule has 1 heterocycles. The van der Waals surface area contributed by atoms with E-state index in [-0.39, 0.29) is 5.69 Å². The Balaban J connectivity index is 1.77. The molecule has 0 aliphatic heterocycles. The highest BCUT2D eigenvalue weighted by atomic mass is 35.5. The number of nitrogens with one attached hydrogen (secondary N) is 2. The fourth-order valence-electron chi connectivity index (χ4n) is 2.12. The molecule has 0 unspecified atom stereocenters. The molecule has 0 bridgehead atoms. The average molecular weight is 360 g/mol. The number of carbonyl (C=O) groups is 1. The topological polar surface area (TPSA) is 54.0 Å². The zero-order valence-corrected chi connectivity index (χ0v) is 13.5. The smallest absolute Gasteiger partial charge is 0.255 e. The Morgan fingerprint density at radius 1 is 1.00 bits per heavy atom. The van der Waals surface area contributed by atoms with Gasteiger partial charge in [-0.2, -0.15) is 0 Å². The van der Waals surface area contributed by atoms with Crippen LogP contribution >= 0.6 is 11.6 Å². The van der Waals surface area contributed by atoms with Gasteiger partial charge in [0.05, 0.1) is 10.7 Å². The molecule has 0 fully saturated rings. The maximum absolute atomic E-state index is 13.2. The summed E-state index contributed by atoms with van der Waals surface area (Å²) in [5.41, 5.74) is 1.10. The van der Waals surface area contributed by atoms with E-state index in [1.165, 1.54) is 24.4 Å². The Labute approximate surface area is 147 Å². The van der Waals surface area contributed by atoms with Crippen molar-refractivity contribution in [1.29, 1.82) is 0 Å². The van der Waals surface area contributed by atoms with Crippen molar-refractivity contribution in [2.75, 3.05) is 10.6 Å². The summed E-state index contributed by atoms with van der Waals surface area (Å²) in [6.45, 7) is 0. The van der Waals surface area contributed by atoms with Crippen LogP contribution in [0.2, 0.25) is 5.02 Å². The van der Waals surface area contributed by atoms with Gasteiger partial charge in [-0.15, -0.1) is 0 Å². The third kappa shape index (κ3) is 4.10. The van der Waals surface area contributed by atoms with Crippen molar-refractivity contribution in [3.05, 3.63) is 83.0 Å². The summed E-state index contributed by atoms with van der Waals surface area (Å²) >= 11 is 6.08. The molecule has 0 saturated carbocycles. The van der Waals surface area contributed by atoms with Gasteiger partial charge < -0.3 is 10.6 Å². The fourth-order valence-corrected chi connectivity index (χ4v) is 2.30. The molecule has 0 aliphatic rings. The fraction of sp³-hybridized carbons (Fsp3) is 0. The Kier molecular flexibility index (Phi) is 4.90. The number of amides is 1. The third-order valence-corrected chi connectivity index (χ3v) is 3.67. The van der Waals surface area contributed by atoms with Crippen LogP contribution in [0.1, 0.15) is 10.4 Å². The molecular formula is C18H12ClF2N3O. The van der Waals surface area contributed by atoms with Crippen molar-refractivity contribution >= 4 is 34.7 Å². The Morgan fingerprint density at radius 2 is 1.80 bits per heavy atom. The number of pyridine rings is 1. The van der Waals surface area contributed by atoms with Gasteiger partial charge in [0, 0.05) is 23.5 Å². The number of anilines is 3. The number of benzene rings is 2. The second-order valence-corrected chi connectivity index (χ2v) is 5.52. The van der Waals surface area contributed by atoms with Crippen LogP contribution < -0.4 is 10.6 Å². The van der Waals surface area contributed by atoms with Gasteiger partial charge in [-0.25, -0.2) is 13.8 Å². The van der Waals surface area contributed by atoms with Crippen molar-refractivity contribution < 1.29 is 13.6 Å². The molecule has 0 saturated heterocycles. The molecule has 126 valence electrons. The number of hydrogen-bond donors (Lipinski definition) is 2. The van der Waals surface area contributed by atoms with Gasteiger partial charge in [0.2, 0.25) is 0 Å². The standard InChI is InChI=1S/C18H12ClF2N3O/c19-13-3-1-2-4-16(13)24-17-9-11(7-8-22-17)18(25)23-12-5-6-14(20)15(21)10-12/h1-10H,(H,22,24)(H,23,25). The number of aromatic nitrogens is 1. The van der Waals surface area contributed by atoms with Gasteiger partial charge in [-0.3, -0.25) is 4.79 Å². The van der Waals surface area contributed by atoms with Gasteiger partial charge in [0.1, 0.15) is 5.82 Å². The first-order chi connectivity index (χ1) is 12.0. The Hall–Kier alpha value is -2.99. The van der Waals surface area contributed by atoms with Gasteiger partial charge in [0.25, 0.3) is 5.91 Å². The SMILES string of the molecule is O=C(Nc1ccc(F)c(F)c1)c1ccnc(Nc2ccccc2Cl)c1. The van der Waals surface area contributed by atoms with E-state index in [9.17, 15) is 13.6 Å². The summed E-state index contributed by atoms with van der Waals surface area (Å²) < 4.78 is 26.2. The summed E-state index contributed by atoms with van der Waals surface area (Å²) in [4.78, 5) is 16.4. The lowest BCUT2D eigenvalue weighted by Crippen LogP contribution is -2.12. The molecular weight excluding hydrogens is 348 g/mol. The number of nitrogens with zero attached hydrogens (tertiary/aromatic N) is 1. The van der Waals surface area contributed by atoms with Crippen molar-refractivity contribution in [1.82, 2.24) is 4.98 Å². The van der Waals surface area contributed by atoms with E-state index < -0.39 is 17.5 Å². The van der Waals surface area contributed by atoms with E-state index in [0.717, 1.165) is 12.1 Å². The van der Waals surface area contributed by atoms with Crippen LogP contribution in [0.25, 0.3) is 0 Å². The molecule has 0 atom stereocenters. The molecule has 0 radical (unpaired) electrons. The average Bonchev–Trinajstić information content (AvgIpc) is 2.60. The number of para-hydroxylation sites is 1. The number of hydrogen-bond acceptors (Lipinski definition) is 3. The first-order valence-electron chi connectivity index (χ1n) is 7.27. The molecule has 2 aromatic carbocycles. The first-order valence-corrected chi connectivity index (χ1v) is 7.65. The van der Waals surface area contributed by atoms with Crippen LogP contribution in [0.15, 0.2) is 60.8 Å². The second kappa shape index (κ2) is 7.27. The predicted molar refractivity (Wildman–Crippen MR) is 93.3 cm³/mol. The minimum Gasteiger partial charge on any atom is -0.339 e. The second-order valence-electron chi connectivity index (χ2n) is 5.12. The molecule has 1 aromatic heterocycles. The maximum Gasteiger partial charge on any atom is 0.255 e. The molecule has 7 heteroatoms. The highest BCUT2D eigenvalue weighted by molar-refractivity contribution is 6.33. The maximum atomic E-state index is 13.2. The highest BCUT2D eigenvalue weighted by Crippen LogP contribution is 2.24. The first kappa shape index (κ1) is 16.9. The van der Waals surface area contributed by atoms with Crippen molar-refractivity contribution in [3.8, 4) is 0 Å². The van der Waals surface area contributed by atoms with E-state index in [2.05, 4.69) is 15.6 Å². The van der Waals surface area contributed by atoms with Crippen molar-refractivity contribution in [3.63, 3.8) is 0 Å². The minimum atomic E-state index is -1.03. The number of halogens is 3. The van der Waals surface area contributed by atoms with Gasteiger partial charge in [0.15, 0.2) is 11.6 Å². The number of carbonyl (C=O) groups excluding carboxylic acids is 1. The largest absolute Gasteiger partial charge is 0.339 e. The molecule has 0 spiro atoms. The summed E-state index contributed by atoms with van der Waals surface area (Å²) in [7, 11) is 0. The van der Waals surface area contributed by atoms with E-state index in [1.54, 1.807) is 18.2 Å². The van der Waals surface area contributed by atoms with Crippen LogP contribution in [0.5, 0.6) is 0 Å². The van der Waals surface area contributed by atoms with Crippen LogP contribution in [0.3, 0.4) is 0 Å². The summed E-state index contributed by atoms with van der Waals surface area (Å²) in [5.74, 6) is -2.07. The van der Waals surface area contributed by atoms with Crippen molar-refractivity contribution in [2.24, 2.45) is 0 Å². The lowest BCUT2D eigenvalue weighted by molar-refractivity contribution is 0.102. The lowest BCUT2D eigenvalue weighted by Gasteiger charge is -2.09. The molecule has 1 amide bonds. The lowest BCUT2D eigenvalue weighted by atomic mass is 10.2. The van der Waals surface area contributed by atoms with Crippen LogP contribution in [0.4, 0.5) is 26.0 Å². The normalized spacial score (nSPS) is 10.4. The van der Waals surface area contributed by atoms with Crippen LogP contribution in [0, 0.1) is 11.6 Å². The van der Waals surface area contributed by atoms with Crippen LogP contribution in [-0.4, -0.2) is 10.9 Å². The van der Waals surface area contributed by atoms with Crippen molar-refractivity contribution in [2.45, 2.75) is 0 Å². The molecule has 25 heavy (non-hydrogen) atoms. The number of rotatable bonds is 4. The van der Waals surface area contributed by atoms with E-state index >= 15 is 0 Å². The molecule has 2 N–H and O–H groups in total. The van der Waals surface area contributed by atoms with Gasteiger partial charge in [-0.05, 0) is 36.4 Å². The predicted octanol–water partition coefficient (Wildman–Crippen LogP) is 5.01.